The first kappa shape index (κ1) is 17.6. The van der Waals surface area contributed by atoms with Crippen molar-refractivity contribution in [2.24, 2.45) is 16.2 Å². The van der Waals surface area contributed by atoms with Gasteiger partial charge in [-0.05, 0) is 17.3 Å². The summed E-state index contributed by atoms with van der Waals surface area (Å²) in [7, 11) is 0. The molecule has 1 aliphatic rings. The van der Waals surface area contributed by atoms with Crippen LogP contribution >= 0.6 is 0 Å². The van der Waals surface area contributed by atoms with Gasteiger partial charge in [-0.1, -0.05) is 55.0 Å². The zero-order valence-corrected chi connectivity index (χ0v) is 14.1. The Morgan fingerprint density at radius 2 is 1.48 bits per heavy atom. The highest BCUT2D eigenvalue weighted by Gasteiger charge is 2.80. The summed E-state index contributed by atoms with van der Waals surface area (Å²) in [5.74, 6) is -1.33. The highest BCUT2D eigenvalue weighted by atomic mass is 16.6. The second-order valence-corrected chi connectivity index (χ2v) is 7.71. The molecule has 0 N–H and O–H groups in total. The minimum atomic E-state index is -1.65. The van der Waals surface area contributed by atoms with Crippen molar-refractivity contribution in [3.8, 4) is 0 Å². The number of carbonyl (C=O) groups excluding carboxylic acids is 3. The van der Waals surface area contributed by atoms with E-state index in [2.05, 4.69) is 6.58 Å². The van der Waals surface area contributed by atoms with Gasteiger partial charge in [0.25, 0.3) is 0 Å². The van der Waals surface area contributed by atoms with Crippen LogP contribution in [0.3, 0.4) is 0 Å². The van der Waals surface area contributed by atoms with E-state index in [1.54, 1.807) is 6.92 Å². The van der Waals surface area contributed by atoms with E-state index in [1.807, 2.05) is 41.5 Å². The van der Waals surface area contributed by atoms with Gasteiger partial charge < -0.3 is 4.74 Å². The fraction of sp³-hybridized carbons (Fsp3) is 0.706. The topological polar surface area (TPSA) is 60.4 Å². The molecule has 0 atom stereocenters. The molecule has 1 saturated carbocycles. The van der Waals surface area contributed by atoms with Crippen LogP contribution in [0.25, 0.3) is 0 Å². The lowest BCUT2D eigenvalue weighted by atomic mass is 9.39. The molecule has 0 aromatic rings. The molecule has 0 bridgehead atoms. The Bertz CT molecular complexity index is 468. The maximum Gasteiger partial charge on any atom is 0.331 e. The smallest absolute Gasteiger partial charge is 0.331 e. The summed E-state index contributed by atoms with van der Waals surface area (Å²) in [6, 6.07) is 0. The van der Waals surface area contributed by atoms with E-state index in [1.165, 1.54) is 0 Å². The average molecular weight is 294 g/mol. The van der Waals surface area contributed by atoms with Gasteiger partial charge in [0.05, 0.1) is 0 Å². The van der Waals surface area contributed by atoms with E-state index in [-0.39, 0.29) is 18.0 Å². The largest absolute Gasteiger partial charge is 0.440 e. The van der Waals surface area contributed by atoms with Gasteiger partial charge in [-0.15, -0.1) is 0 Å². The molecular formula is C17H26O4. The number of hydrogen-bond donors (Lipinski definition) is 0. The third-order valence-electron chi connectivity index (χ3n) is 4.60. The van der Waals surface area contributed by atoms with Gasteiger partial charge in [-0.3, -0.25) is 9.59 Å². The molecule has 0 saturated heterocycles. The van der Waals surface area contributed by atoms with Gasteiger partial charge in [0.15, 0.2) is 11.6 Å². The molecule has 4 heteroatoms. The Kier molecular flexibility index (Phi) is 4.01. The van der Waals surface area contributed by atoms with Crippen LogP contribution in [0.2, 0.25) is 0 Å². The quantitative estimate of drug-likeness (QED) is 0.456. The maximum atomic E-state index is 13.1. The molecule has 0 aliphatic heterocycles. The molecular weight excluding hydrogens is 268 g/mol. The van der Waals surface area contributed by atoms with E-state index >= 15 is 0 Å². The third kappa shape index (κ3) is 1.99. The van der Waals surface area contributed by atoms with Crippen molar-refractivity contribution in [1.82, 2.24) is 0 Å². The first-order valence-corrected chi connectivity index (χ1v) is 7.28. The summed E-state index contributed by atoms with van der Waals surface area (Å²) in [6.45, 7) is 16.3. The highest BCUT2D eigenvalue weighted by molar-refractivity contribution is 6.35. The third-order valence-corrected chi connectivity index (χ3v) is 4.60. The summed E-state index contributed by atoms with van der Waals surface area (Å²) in [6.07, 6.45) is 1.13. The predicted octanol–water partition coefficient (Wildman–Crippen LogP) is 3.09. The van der Waals surface area contributed by atoms with Crippen molar-refractivity contribution in [2.45, 2.75) is 60.5 Å². The molecule has 118 valence electrons. The van der Waals surface area contributed by atoms with Crippen LogP contribution in [-0.4, -0.2) is 23.1 Å². The molecule has 0 amide bonds. The van der Waals surface area contributed by atoms with Crippen LogP contribution in [0, 0.1) is 16.2 Å². The lowest BCUT2D eigenvalue weighted by molar-refractivity contribution is -0.213. The molecule has 1 rings (SSSR count). The second kappa shape index (κ2) is 4.79. The zero-order valence-electron chi connectivity index (χ0n) is 14.1. The van der Waals surface area contributed by atoms with Crippen LogP contribution in [0.5, 0.6) is 0 Å². The standard InChI is InChI=1S/C17H26O4/c1-9-11(18)21-16(10-2)12(19)17(13(16)20,14(3,4)5)15(6,7)8/h9H,1,10H2,2-8H3. The number of carbonyl (C=O) groups is 3. The Morgan fingerprint density at radius 3 is 1.71 bits per heavy atom. The van der Waals surface area contributed by atoms with Crippen LogP contribution in [0.1, 0.15) is 54.9 Å². The van der Waals surface area contributed by atoms with E-state index in [0.29, 0.717) is 0 Å². The van der Waals surface area contributed by atoms with Crippen molar-refractivity contribution in [3.05, 3.63) is 12.7 Å². The summed E-state index contributed by atoms with van der Waals surface area (Å²) in [4.78, 5) is 37.7. The Morgan fingerprint density at radius 1 is 1.10 bits per heavy atom. The average Bonchev–Trinajstić information content (AvgIpc) is 2.32. The monoisotopic (exact) mass is 294 g/mol. The normalized spacial score (nSPS) is 20.7. The van der Waals surface area contributed by atoms with Crippen LogP contribution in [0.4, 0.5) is 0 Å². The van der Waals surface area contributed by atoms with E-state index < -0.39 is 27.8 Å². The number of esters is 1. The van der Waals surface area contributed by atoms with Crippen molar-refractivity contribution in [2.75, 3.05) is 0 Å². The summed E-state index contributed by atoms with van der Waals surface area (Å²) >= 11 is 0. The molecule has 0 unspecified atom stereocenters. The molecule has 0 radical (unpaired) electrons. The molecule has 1 fully saturated rings. The lowest BCUT2D eigenvalue weighted by Gasteiger charge is -2.62. The maximum absolute atomic E-state index is 13.1. The summed E-state index contributed by atoms with van der Waals surface area (Å²) in [5.41, 5.74) is -3.92. The number of Topliss-reactive ketones (excluding diaryl/α,β-unsaturated/α-hetero) is 2. The number of ketones is 2. The van der Waals surface area contributed by atoms with Gasteiger partial charge in [0.2, 0.25) is 5.60 Å². The Hall–Kier alpha value is -1.45. The summed E-state index contributed by atoms with van der Waals surface area (Å²) < 4.78 is 5.19. The predicted molar refractivity (Wildman–Crippen MR) is 80.7 cm³/mol. The number of ether oxygens (including phenoxy) is 1. The van der Waals surface area contributed by atoms with Gasteiger partial charge in [0, 0.05) is 6.08 Å². The van der Waals surface area contributed by atoms with Crippen molar-refractivity contribution in [1.29, 1.82) is 0 Å². The minimum Gasteiger partial charge on any atom is -0.440 e. The molecule has 21 heavy (non-hydrogen) atoms. The summed E-state index contributed by atoms with van der Waals surface area (Å²) in [5, 5.41) is 0. The number of hydrogen-bond acceptors (Lipinski definition) is 4. The fourth-order valence-corrected chi connectivity index (χ4v) is 3.94. The van der Waals surface area contributed by atoms with Crippen molar-refractivity contribution in [3.63, 3.8) is 0 Å². The first-order chi connectivity index (χ1) is 9.32. The van der Waals surface area contributed by atoms with E-state index in [4.69, 9.17) is 4.74 Å². The Labute approximate surface area is 126 Å². The molecule has 1 aliphatic carbocycles. The lowest BCUT2D eigenvalue weighted by Crippen LogP contribution is -2.80. The minimum absolute atomic E-state index is 0.151. The highest BCUT2D eigenvalue weighted by Crippen LogP contribution is 2.63. The first-order valence-electron chi connectivity index (χ1n) is 7.28. The van der Waals surface area contributed by atoms with Crippen molar-refractivity contribution < 1.29 is 19.1 Å². The van der Waals surface area contributed by atoms with Gasteiger partial charge in [-0.25, -0.2) is 4.79 Å². The molecule has 0 aromatic heterocycles. The second-order valence-electron chi connectivity index (χ2n) is 7.71. The molecule has 0 heterocycles. The van der Waals surface area contributed by atoms with E-state index in [0.717, 1.165) is 6.08 Å². The van der Waals surface area contributed by atoms with Crippen LogP contribution in [0.15, 0.2) is 12.7 Å². The fourth-order valence-electron chi connectivity index (χ4n) is 3.94. The van der Waals surface area contributed by atoms with Crippen LogP contribution < -0.4 is 0 Å². The molecule has 0 spiro atoms. The molecule has 0 aromatic carbocycles. The zero-order chi connectivity index (χ0) is 16.9. The van der Waals surface area contributed by atoms with Crippen LogP contribution in [-0.2, 0) is 19.1 Å². The number of rotatable bonds is 3. The molecule has 4 nitrogen and oxygen atoms in total. The van der Waals surface area contributed by atoms with E-state index in [9.17, 15) is 14.4 Å². The van der Waals surface area contributed by atoms with Crippen molar-refractivity contribution >= 4 is 17.5 Å². The Balaban J connectivity index is 3.46. The van der Waals surface area contributed by atoms with Gasteiger partial charge >= 0.3 is 5.97 Å². The van der Waals surface area contributed by atoms with Gasteiger partial charge in [-0.2, -0.15) is 0 Å². The van der Waals surface area contributed by atoms with Gasteiger partial charge in [0.1, 0.15) is 5.41 Å². The SMILES string of the molecule is C=CC(=O)OC1(CC)C(=O)C(C(C)(C)C)(C(C)(C)C)C1=O.